The lowest BCUT2D eigenvalue weighted by Crippen LogP contribution is -2.45. The number of hydrogen-bond donors (Lipinski definition) is 3. The van der Waals surface area contributed by atoms with Gasteiger partial charge in [0.1, 0.15) is 0 Å². The van der Waals surface area contributed by atoms with Crippen molar-refractivity contribution >= 4 is 11.9 Å². The fourth-order valence-electron chi connectivity index (χ4n) is 9.82. The van der Waals surface area contributed by atoms with Crippen LogP contribution < -0.4 is 5.32 Å². The first-order chi connectivity index (χ1) is 36.0. The van der Waals surface area contributed by atoms with Crippen LogP contribution in [0.15, 0.2) is 48.6 Å². The minimum absolute atomic E-state index is 0.000177. The maximum atomic E-state index is 12.5. The van der Waals surface area contributed by atoms with Gasteiger partial charge in [-0.25, -0.2) is 0 Å². The molecule has 0 saturated carbocycles. The Balaban J connectivity index is 3.41. The maximum Gasteiger partial charge on any atom is 0.305 e. The number of carbonyl (C=O) groups excluding carboxylic acids is 2. The third-order valence-corrected chi connectivity index (χ3v) is 14.8. The molecule has 6 nitrogen and oxygen atoms in total. The van der Waals surface area contributed by atoms with E-state index in [1.807, 2.05) is 6.08 Å². The average Bonchev–Trinajstić information content (AvgIpc) is 3.39. The molecule has 0 radical (unpaired) electrons. The van der Waals surface area contributed by atoms with E-state index in [1.165, 1.54) is 263 Å². The minimum Gasteiger partial charge on any atom is -0.466 e. The van der Waals surface area contributed by atoms with Crippen molar-refractivity contribution in [3.05, 3.63) is 48.6 Å². The van der Waals surface area contributed by atoms with Crippen LogP contribution >= 0.6 is 0 Å². The molecule has 0 aromatic rings. The van der Waals surface area contributed by atoms with Crippen molar-refractivity contribution in [1.82, 2.24) is 5.32 Å². The summed E-state index contributed by atoms with van der Waals surface area (Å²) in [5.41, 5.74) is 0. The molecule has 0 saturated heterocycles. The molecular weight excluding hydrogens is 899 g/mol. The maximum absolute atomic E-state index is 12.5. The van der Waals surface area contributed by atoms with E-state index in [4.69, 9.17) is 4.74 Å². The number of carbonyl (C=O) groups is 2. The van der Waals surface area contributed by atoms with Gasteiger partial charge in [-0.2, -0.15) is 0 Å². The van der Waals surface area contributed by atoms with Crippen molar-refractivity contribution in [2.75, 3.05) is 13.2 Å². The number of ether oxygens (including phenoxy) is 1. The van der Waals surface area contributed by atoms with Gasteiger partial charge in [-0.15, -0.1) is 0 Å². The zero-order valence-corrected chi connectivity index (χ0v) is 48.9. The van der Waals surface area contributed by atoms with E-state index in [9.17, 15) is 19.8 Å². The first kappa shape index (κ1) is 70.8. The lowest BCUT2D eigenvalue weighted by Gasteiger charge is -2.20. The molecule has 428 valence electrons. The van der Waals surface area contributed by atoms with Gasteiger partial charge in [0.15, 0.2) is 0 Å². The Bertz CT molecular complexity index is 1230. The van der Waals surface area contributed by atoms with Gasteiger partial charge in [0, 0.05) is 12.8 Å². The highest BCUT2D eigenvalue weighted by Gasteiger charge is 2.18. The highest BCUT2D eigenvalue weighted by Crippen LogP contribution is 2.17. The fraction of sp³-hybridized carbons (Fsp3) is 0.851. The summed E-state index contributed by atoms with van der Waals surface area (Å²) in [7, 11) is 0. The summed E-state index contributed by atoms with van der Waals surface area (Å²) in [6.07, 6.45) is 80.2. The number of amides is 1. The minimum atomic E-state index is -0.845. The van der Waals surface area contributed by atoms with Crippen molar-refractivity contribution < 1.29 is 24.5 Å². The fourth-order valence-corrected chi connectivity index (χ4v) is 9.82. The first-order valence-corrected chi connectivity index (χ1v) is 32.4. The van der Waals surface area contributed by atoms with Gasteiger partial charge in [-0.3, -0.25) is 9.59 Å². The number of allylic oxidation sites excluding steroid dienone is 7. The number of nitrogens with one attached hydrogen (secondary N) is 1. The molecule has 6 heteroatoms. The largest absolute Gasteiger partial charge is 0.466 e. The van der Waals surface area contributed by atoms with Crippen LogP contribution in [0.1, 0.15) is 341 Å². The van der Waals surface area contributed by atoms with Crippen LogP contribution in [0.25, 0.3) is 0 Å². The Hall–Kier alpha value is -2.18. The normalized spacial score (nSPS) is 12.9. The number of esters is 1. The van der Waals surface area contributed by atoms with Crippen molar-refractivity contribution in [3.8, 4) is 0 Å². The van der Waals surface area contributed by atoms with Gasteiger partial charge in [-0.05, 0) is 83.5 Å². The van der Waals surface area contributed by atoms with E-state index in [0.29, 0.717) is 19.4 Å². The van der Waals surface area contributed by atoms with Crippen LogP contribution in [0.5, 0.6) is 0 Å². The second-order valence-electron chi connectivity index (χ2n) is 22.1. The molecule has 0 rings (SSSR count). The van der Waals surface area contributed by atoms with Gasteiger partial charge in [0.05, 0.1) is 25.4 Å². The SMILES string of the molecule is CCCC/C=C\C/C=C\CCCCCCCC(=O)OCCCCCCCCCCCCCC/C=C\CCCCCCCCCCCCCC(=O)NC(CO)C(O)/C=C/CCCCCCCCCCCCCCC. The second-order valence-corrected chi connectivity index (χ2v) is 22.1. The monoisotopic (exact) mass is 1020 g/mol. The summed E-state index contributed by atoms with van der Waals surface area (Å²) in [5, 5.41) is 23.1. The van der Waals surface area contributed by atoms with E-state index < -0.39 is 12.1 Å². The molecule has 0 heterocycles. The Kier molecular flexibility index (Phi) is 60.5. The van der Waals surface area contributed by atoms with Crippen molar-refractivity contribution in [2.24, 2.45) is 0 Å². The third kappa shape index (κ3) is 58.9. The molecule has 2 atom stereocenters. The first-order valence-electron chi connectivity index (χ1n) is 32.4. The number of aliphatic hydroxyl groups excluding tert-OH is 2. The molecule has 0 bridgehead atoms. The highest BCUT2D eigenvalue weighted by molar-refractivity contribution is 5.76. The average molecular weight is 1020 g/mol. The zero-order valence-electron chi connectivity index (χ0n) is 48.9. The van der Waals surface area contributed by atoms with Crippen molar-refractivity contribution in [2.45, 2.75) is 353 Å². The summed E-state index contributed by atoms with van der Waals surface area (Å²) in [6, 6.07) is -0.629. The van der Waals surface area contributed by atoms with E-state index in [2.05, 4.69) is 55.6 Å². The van der Waals surface area contributed by atoms with Crippen LogP contribution in [-0.2, 0) is 14.3 Å². The highest BCUT2D eigenvalue weighted by atomic mass is 16.5. The van der Waals surface area contributed by atoms with Crippen LogP contribution in [0.2, 0.25) is 0 Å². The molecule has 0 spiro atoms. The predicted octanol–water partition coefficient (Wildman–Crippen LogP) is 20.5. The topological polar surface area (TPSA) is 95.9 Å². The summed E-state index contributed by atoms with van der Waals surface area (Å²) < 4.78 is 5.47. The van der Waals surface area contributed by atoms with E-state index in [0.717, 1.165) is 51.4 Å². The lowest BCUT2D eigenvalue weighted by molar-refractivity contribution is -0.143. The number of aliphatic hydroxyl groups is 2. The van der Waals surface area contributed by atoms with Crippen LogP contribution in [0.3, 0.4) is 0 Å². The number of hydrogen-bond acceptors (Lipinski definition) is 5. The van der Waals surface area contributed by atoms with Crippen molar-refractivity contribution in [1.29, 1.82) is 0 Å². The smallest absolute Gasteiger partial charge is 0.305 e. The molecular formula is C67H125NO5. The molecule has 0 aliphatic rings. The Morgan fingerprint density at radius 3 is 1.10 bits per heavy atom. The van der Waals surface area contributed by atoms with E-state index in [-0.39, 0.29) is 18.5 Å². The Morgan fingerprint density at radius 1 is 0.384 bits per heavy atom. The van der Waals surface area contributed by atoms with Crippen LogP contribution in [0.4, 0.5) is 0 Å². The standard InChI is InChI=1S/C67H125NO5/c1-3-5-7-9-11-13-15-17-32-35-39-43-47-51-55-59-65(70)64(63-69)68-66(71)60-56-52-48-44-40-36-33-30-28-26-24-22-20-19-21-23-25-27-29-31-34-38-42-46-50-54-58-62-73-67(72)61-57-53-49-45-41-37-18-16-14-12-10-8-6-4-2/h10,12,16,18-20,55,59,64-65,69-70H,3-9,11,13-15,17,21-54,56-58,60-63H2,1-2H3,(H,68,71)/b12-10-,18-16-,20-19-,59-55+. The molecule has 1 amide bonds. The molecule has 0 fully saturated rings. The molecule has 0 aliphatic heterocycles. The molecule has 2 unspecified atom stereocenters. The van der Waals surface area contributed by atoms with Gasteiger partial charge in [0.2, 0.25) is 5.91 Å². The van der Waals surface area contributed by atoms with Gasteiger partial charge in [-0.1, -0.05) is 294 Å². The summed E-state index contributed by atoms with van der Waals surface area (Å²) in [4.78, 5) is 24.5. The third-order valence-electron chi connectivity index (χ3n) is 14.8. The predicted molar refractivity (Wildman–Crippen MR) is 319 cm³/mol. The lowest BCUT2D eigenvalue weighted by atomic mass is 10.0. The number of unbranched alkanes of at least 4 members (excludes halogenated alkanes) is 43. The quantitative estimate of drug-likeness (QED) is 0.0320. The summed E-state index contributed by atoms with van der Waals surface area (Å²) in [6.45, 7) is 4.87. The second kappa shape index (κ2) is 62.4. The van der Waals surface area contributed by atoms with E-state index in [1.54, 1.807) is 6.08 Å². The van der Waals surface area contributed by atoms with Crippen LogP contribution in [0, 0.1) is 0 Å². The van der Waals surface area contributed by atoms with E-state index >= 15 is 0 Å². The Morgan fingerprint density at radius 2 is 0.699 bits per heavy atom. The molecule has 0 aromatic carbocycles. The Labute approximate surface area is 455 Å². The van der Waals surface area contributed by atoms with Crippen molar-refractivity contribution in [3.63, 3.8) is 0 Å². The van der Waals surface area contributed by atoms with Gasteiger partial charge >= 0.3 is 5.97 Å². The van der Waals surface area contributed by atoms with Gasteiger partial charge in [0.25, 0.3) is 0 Å². The molecule has 3 N–H and O–H groups in total. The van der Waals surface area contributed by atoms with Crippen LogP contribution in [-0.4, -0.2) is 47.4 Å². The number of rotatable bonds is 60. The summed E-state index contributed by atoms with van der Waals surface area (Å²) >= 11 is 0. The van der Waals surface area contributed by atoms with Gasteiger partial charge < -0.3 is 20.3 Å². The molecule has 0 aromatic heterocycles. The summed E-state index contributed by atoms with van der Waals surface area (Å²) in [5.74, 6) is -0.0681. The molecule has 0 aliphatic carbocycles. The zero-order chi connectivity index (χ0) is 52.9. The molecule has 73 heavy (non-hydrogen) atoms.